The third-order valence-corrected chi connectivity index (χ3v) is 5.38. The summed E-state index contributed by atoms with van der Waals surface area (Å²) in [5.74, 6) is 0.309. The molecular weight excluding hydrogens is 308 g/mol. The summed E-state index contributed by atoms with van der Waals surface area (Å²) in [7, 11) is 0. The van der Waals surface area contributed by atoms with Crippen molar-refractivity contribution < 1.29 is 4.79 Å². The maximum atomic E-state index is 12.7. The van der Waals surface area contributed by atoms with Crippen LogP contribution in [0.1, 0.15) is 68.6 Å². The highest BCUT2D eigenvalue weighted by Gasteiger charge is 2.14. The number of Topliss-reactive ketones (excluding diaryl/α,β-unsaturated/α-hetero) is 1. The van der Waals surface area contributed by atoms with Gasteiger partial charge in [-0.1, -0.05) is 38.0 Å². The van der Waals surface area contributed by atoms with Crippen molar-refractivity contribution in [3.05, 3.63) is 36.0 Å². The van der Waals surface area contributed by atoms with E-state index in [0.29, 0.717) is 12.2 Å². The van der Waals surface area contributed by atoms with Crippen molar-refractivity contribution >= 4 is 16.7 Å². The molecule has 1 aromatic heterocycles. The Morgan fingerprint density at radius 2 is 1.80 bits per heavy atom. The summed E-state index contributed by atoms with van der Waals surface area (Å²) in [5, 5.41) is 1.12. The zero-order chi connectivity index (χ0) is 17.5. The minimum atomic E-state index is 0.309. The van der Waals surface area contributed by atoms with E-state index >= 15 is 0 Å². The second-order valence-corrected chi connectivity index (χ2v) is 7.39. The molecule has 1 fully saturated rings. The molecule has 3 nitrogen and oxygen atoms in total. The fourth-order valence-electron chi connectivity index (χ4n) is 4.01. The van der Waals surface area contributed by atoms with E-state index < -0.39 is 0 Å². The number of carbonyl (C=O) groups is 1. The van der Waals surface area contributed by atoms with Gasteiger partial charge >= 0.3 is 0 Å². The fourth-order valence-corrected chi connectivity index (χ4v) is 4.01. The number of ketones is 1. The smallest absolute Gasteiger partial charge is 0.165 e. The molecule has 0 saturated carbocycles. The molecule has 0 atom stereocenters. The predicted octanol–water partition coefficient (Wildman–Crippen LogP) is 5.28. The highest BCUT2D eigenvalue weighted by Crippen LogP contribution is 2.23. The number of unbranched alkanes of at least 4 members (excludes halogenated alkanes) is 2. The number of aromatic nitrogens is 1. The van der Waals surface area contributed by atoms with Crippen LogP contribution in [0.2, 0.25) is 0 Å². The molecule has 25 heavy (non-hydrogen) atoms. The molecular formula is C22H32N2O. The van der Waals surface area contributed by atoms with Gasteiger partial charge in [-0.25, -0.2) is 0 Å². The third-order valence-electron chi connectivity index (χ3n) is 5.38. The number of piperidine rings is 1. The number of aryl methyl sites for hydroxylation is 1. The first kappa shape index (κ1) is 18.2. The van der Waals surface area contributed by atoms with Crippen LogP contribution in [0.4, 0.5) is 0 Å². The number of hydrogen-bond acceptors (Lipinski definition) is 2. The number of hydrogen-bond donors (Lipinski definition) is 0. The number of rotatable bonds is 9. The molecule has 1 aliphatic rings. The molecule has 2 heterocycles. The second kappa shape index (κ2) is 9.19. The van der Waals surface area contributed by atoms with Crippen molar-refractivity contribution in [2.45, 2.75) is 64.8 Å². The van der Waals surface area contributed by atoms with Crippen LogP contribution in [0.15, 0.2) is 30.5 Å². The summed E-state index contributed by atoms with van der Waals surface area (Å²) in [6, 6.07) is 8.31. The Morgan fingerprint density at radius 3 is 2.60 bits per heavy atom. The molecule has 0 spiro atoms. The summed E-state index contributed by atoms with van der Waals surface area (Å²) in [6.07, 6.45) is 11.4. The molecule has 3 rings (SSSR count). The molecule has 0 aliphatic carbocycles. The lowest BCUT2D eigenvalue weighted by Gasteiger charge is -2.26. The van der Waals surface area contributed by atoms with E-state index in [9.17, 15) is 4.79 Å². The molecule has 136 valence electrons. The summed E-state index contributed by atoms with van der Waals surface area (Å²) >= 11 is 0. The van der Waals surface area contributed by atoms with E-state index in [1.807, 2.05) is 6.07 Å². The summed E-state index contributed by atoms with van der Waals surface area (Å²) < 4.78 is 2.24. The molecule has 0 radical (unpaired) electrons. The van der Waals surface area contributed by atoms with Crippen LogP contribution in [0.25, 0.3) is 10.9 Å². The monoisotopic (exact) mass is 340 g/mol. The minimum absolute atomic E-state index is 0.309. The average Bonchev–Trinajstić information content (AvgIpc) is 3.01. The van der Waals surface area contributed by atoms with Crippen LogP contribution in [0.3, 0.4) is 0 Å². The van der Waals surface area contributed by atoms with Gasteiger partial charge in [-0.05, 0) is 57.8 Å². The van der Waals surface area contributed by atoms with Crippen molar-refractivity contribution in [3.8, 4) is 0 Å². The van der Waals surface area contributed by atoms with E-state index in [-0.39, 0.29) is 0 Å². The van der Waals surface area contributed by atoms with Crippen LogP contribution in [-0.2, 0) is 6.54 Å². The first-order valence-corrected chi connectivity index (χ1v) is 10.1. The van der Waals surface area contributed by atoms with Gasteiger partial charge in [-0.15, -0.1) is 0 Å². The highest BCUT2D eigenvalue weighted by molar-refractivity contribution is 6.08. The summed E-state index contributed by atoms with van der Waals surface area (Å²) in [5.41, 5.74) is 2.11. The number of likely N-dealkylation sites (tertiary alicyclic amines) is 1. The first-order chi connectivity index (χ1) is 12.3. The van der Waals surface area contributed by atoms with Crippen LogP contribution < -0.4 is 0 Å². The van der Waals surface area contributed by atoms with Gasteiger partial charge in [0.2, 0.25) is 0 Å². The van der Waals surface area contributed by atoms with E-state index in [0.717, 1.165) is 36.8 Å². The van der Waals surface area contributed by atoms with Gasteiger partial charge in [-0.3, -0.25) is 4.79 Å². The molecule has 0 bridgehead atoms. The number of fused-ring (bicyclic) bond motifs is 1. The van der Waals surface area contributed by atoms with Crippen molar-refractivity contribution in [2.75, 3.05) is 19.6 Å². The van der Waals surface area contributed by atoms with Crippen molar-refractivity contribution in [1.82, 2.24) is 9.47 Å². The SMILES string of the molecule is CCCn1cc(C(=O)CCCCCN2CCCCC2)c2ccccc21. The van der Waals surface area contributed by atoms with Gasteiger partial charge in [0.05, 0.1) is 0 Å². The maximum absolute atomic E-state index is 12.7. The van der Waals surface area contributed by atoms with E-state index in [4.69, 9.17) is 0 Å². The van der Waals surface area contributed by atoms with Crippen molar-refractivity contribution in [2.24, 2.45) is 0 Å². The molecule has 0 N–H and O–H groups in total. The quantitative estimate of drug-likeness (QED) is 0.458. The van der Waals surface area contributed by atoms with Gasteiger partial charge < -0.3 is 9.47 Å². The van der Waals surface area contributed by atoms with Crippen molar-refractivity contribution in [1.29, 1.82) is 0 Å². The Bertz CT molecular complexity index is 682. The predicted molar refractivity (Wildman–Crippen MR) is 105 cm³/mol. The van der Waals surface area contributed by atoms with Crippen LogP contribution in [0.5, 0.6) is 0 Å². The standard InChI is InChI=1S/C22H32N2O/c1-2-14-24-18-20(19-11-6-7-12-21(19)24)22(25)13-5-3-8-15-23-16-9-4-10-17-23/h6-7,11-12,18H,2-5,8-10,13-17H2,1H3. The largest absolute Gasteiger partial charge is 0.347 e. The molecule has 2 aromatic rings. The minimum Gasteiger partial charge on any atom is -0.347 e. The lowest BCUT2D eigenvalue weighted by Crippen LogP contribution is -2.30. The van der Waals surface area contributed by atoms with Gasteiger partial charge in [0.1, 0.15) is 0 Å². The van der Waals surface area contributed by atoms with Crippen LogP contribution in [0, 0.1) is 0 Å². The van der Waals surface area contributed by atoms with Gasteiger partial charge in [-0.2, -0.15) is 0 Å². The fraction of sp³-hybridized carbons (Fsp3) is 0.591. The van der Waals surface area contributed by atoms with Gasteiger partial charge in [0.25, 0.3) is 0 Å². The Balaban J connectivity index is 1.50. The zero-order valence-electron chi connectivity index (χ0n) is 15.7. The molecule has 0 unspecified atom stereocenters. The second-order valence-electron chi connectivity index (χ2n) is 7.39. The Kier molecular flexibility index (Phi) is 6.69. The molecule has 3 heteroatoms. The highest BCUT2D eigenvalue weighted by atomic mass is 16.1. The average molecular weight is 341 g/mol. The van der Waals surface area contributed by atoms with Gasteiger partial charge in [0, 0.05) is 35.6 Å². The summed E-state index contributed by atoms with van der Waals surface area (Å²) in [6.45, 7) is 6.91. The normalized spacial score (nSPS) is 15.7. The maximum Gasteiger partial charge on any atom is 0.165 e. The Hall–Kier alpha value is -1.61. The lowest BCUT2D eigenvalue weighted by atomic mass is 10.0. The molecule has 1 aliphatic heterocycles. The third kappa shape index (κ3) is 4.72. The topological polar surface area (TPSA) is 25.2 Å². The van der Waals surface area contributed by atoms with Crippen LogP contribution in [-0.4, -0.2) is 34.9 Å². The molecule has 0 amide bonds. The Labute approximate surface area is 152 Å². The first-order valence-electron chi connectivity index (χ1n) is 10.1. The van der Waals surface area contributed by atoms with Gasteiger partial charge in [0.15, 0.2) is 5.78 Å². The Morgan fingerprint density at radius 1 is 1.00 bits per heavy atom. The van der Waals surface area contributed by atoms with Crippen LogP contribution >= 0.6 is 0 Å². The number of nitrogens with zero attached hydrogens (tertiary/aromatic N) is 2. The van der Waals surface area contributed by atoms with Crippen molar-refractivity contribution in [3.63, 3.8) is 0 Å². The number of para-hydroxylation sites is 1. The van der Waals surface area contributed by atoms with E-state index in [2.05, 4.69) is 40.8 Å². The lowest BCUT2D eigenvalue weighted by molar-refractivity contribution is 0.0980. The number of benzene rings is 1. The molecule has 1 saturated heterocycles. The number of carbonyl (C=O) groups excluding carboxylic acids is 1. The summed E-state index contributed by atoms with van der Waals surface area (Å²) in [4.78, 5) is 15.3. The van der Waals surface area contributed by atoms with E-state index in [1.54, 1.807) is 0 Å². The zero-order valence-corrected chi connectivity index (χ0v) is 15.7. The van der Waals surface area contributed by atoms with E-state index in [1.165, 1.54) is 50.8 Å². The molecule has 1 aromatic carbocycles.